The van der Waals surface area contributed by atoms with Crippen molar-refractivity contribution < 1.29 is 4.79 Å². The van der Waals surface area contributed by atoms with Crippen molar-refractivity contribution in [1.29, 1.82) is 0 Å². The van der Waals surface area contributed by atoms with E-state index in [4.69, 9.17) is 0 Å². The average Bonchev–Trinajstić information content (AvgIpc) is 3.06. The van der Waals surface area contributed by atoms with Crippen LogP contribution in [0.3, 0.4) is 0 Å². The predicted octanol–water partition coefficient (Wildman–Crippen LogP) is 3.38. The van der Waals surface area contributed by atoms with Crippen LogP contribution in [0.4, 0.5) is 5.69 Å². The predicted molar refractivity (Wildman–Crippen MR) is 75.6 cm³/mol. The maximum absolute atomic E-state index is 12.0. The van der Waals surface area contributed by atoms with Crippen molar-refractivity contribution in [2.24, 2.45) is 0 Å². The number of hydrogen-bond donors (Lipinski definition) is 0. The van der Waals surface area contributed by atoms with Gasteiger partial charge in [-0.25, -0.2) is 0 Å². The van der Waals surface area contributed by atoms with E-state index in [1.165, 1.54) is 22.6 Å². The molecule has 0 unspecified atom stereocenters. The second-order valence-corrected chi connectivity index (χ2v) is 5.46. The number of rotatable bonds is 4. The second-order valence-electron chi connectivity index (χ2n) is 4.52. The number of ketones is 1. The first-order valence-corrected chi connectivity index (χ1v) is 7.12. The number of anilines is 1. The Morgan fingerprint density at radius 2 is 2.11 bits per heavy atom. The number of Topliss-reactive ketones (excluding diaryl/α,β-unsaturated/α-hetero) is 1. The summed E-state index contributed by atoms with van der Waals surface area (Å²) in [4.78, 5) is 15.2. The molecule has 0 atom stereocenters. The fourth-order valence-electron chi connectivity index (χ4n) is 2.44. The second kappa shape index (κ2) is 4.94. The quantitative estimate of drug-likeness (QED) is 0.783. The van der Waals surface area contributed by atoms with Gasteiger partial charge in [0.05, 0.1) is 4.88 Å². The van der Waals surface area contributed by atoms with E-state index in [1.54, 1.807) is 0 Å². The molecule has 0 saturated carbocycles. The summed E-state index contributed by atoms with van der Waals surface area (Å²) >= 11 is 1.53. The fourth-order valence-corrected chi connectivity index (χ4v) is 3.13. The van der Waals surface area contributed by atoms with E-state index in [0.29, 0.717) is 6.42 Å². The van der Waals surface area contributed by atoms with Crippen LogP contribution in [0.5, 0.6) is 0 Å². The van der Waals surface area contributed by atoms with Gasteiger partial charge in [0.2, 0.25) is 0 Å². The van der Waals surface area contributed by atoms with Crippen LogP contribution in [-0.2, 0) is 6.42 Å². The molecule has 2 aromatic rings. The fraction of sp³-hybridized carbons (Fsp3) is 0.267. The van der Waals surface area contributed by atoms with E-state index < -0.39 is 0 Å². The zero-order valence-electron chi connectivity index (χ0n) is 10.1. The van der Waals surface area contributed by atoms with E-state index in [-0.39, 0.29) is 5.78 Å². The molecule has 1 aliphatic rings. The van der Waals surface area contributed by atoms with Gasteiger partial charge in [-0.3, -0.25) is 4.79 Å². The van der Waals surface area contributed by atoms with Crippen molar-refractivity contribution in [3.05, 3.63) is 52.2 Å². The summed E-state index contributed by atoms with van der Waals surface area (Å²) in [6.07, 6.45) is 1.71. The van der Waals surface area contributed by atoms with Gasteiger partial charge in [-0.15, -0.1) is 11.3 Å². The standard InChI is InChI=1S/C15H15NOS/c17-14(15-6-3-11-18-15)8-10-16-9-7-12-4-1-2-5-13(12)16/h1-6,11H,7-10H2. The summed E-state index contributed by atoms with van der Waals surface area (Å²) in [7, 11) is 0. The Labute approximate surface area is 111 Å². The summed E-state index contributed by atoms with van der Waals surface area (Å²) in [6.45, 7) is 1.87. The Kier molecular flexibility index (Phi) is 3.15. The molecular formula is C15H15NOS. The molecule has 0 N–H and O–H groups in total. The molecule has 0 radical (unpaired) electrons. The maximum atomic E-state index is 12.0. The van der Waals surface area contributed by atoms with Crippen LogP contribution in [-0.4, -0.2) is 18.9 Å². The molecule has 18 heavy (non-hydrogen) atoms. The highest BCUT2D eigenvalue weighted by Crippen LogP contribution is 2.27. The van der Waals surface area contributed by atoms with Crippen LogP contribution in [0, 0.1) is 0 Å². The molecule has 0 saturated heterocycles. The van der Waals surface area contributed by atoms with Crippen LogP contribution in [0.15, 0.2) is 41.8 Å². The van der Waals surface area contributed by atoms with Crippen molar-refractivity contribution in [3.63, 3.8) is 0 Å². The Morgan fingerprint density at radius 3 is 2.94 bits per heavy atom. The van der Waals surface area contributed by atoms with Gasteiger partial charge in [0.1, 0.15) is 0 Å². The largest absolute Gasteiger partial charge is 0.371 e. The Balaban J connectivity index is 1.64. The maximum Gasteiger partial charge on any atom is 0.174 e. The van der Waals surface area contributed by atoms with Crippen molar-refractivity contribution in [3.8, 4) is 0 Å². The number of carbonyl (C=O) groups excluding carboxylic acids is 1. The summed E-state index contributed by atoms with van der Waals surface area (Å²) in [6, 6.07) is 12.3. The molecule has 2 nitrogen and oxygen atoms in total. The van der Waals surface area contributed by atoms with Crippen LogP contribution in [0.2, 0.25) is 0 Å². The van der Waals surface area contributed by atoms with E-state index in [2.05, 4.69) is 29.2 Å². The molecule has 3 heteroatoms. The number of thiophene rings is 1. The molecule has 0 aliphatic carbocycles. The molecule has 3 rings (SSSR count). The van der Waals surface area contributed by atoms with Gasteiger partial charge in [-0.05, 0) is 29.5 Å². The Hall–Kier alpha value is -1.61. The average molecular weight is 257 g/mol. The summed E-state index contributed by atoms with van der Waals surface area (Å²) in [5.74, 6) is 0.259. The van der Waals surface area contributed by atoms with Gasteiger partial charge in [0.25, 0.3) is 0 Å². The minimum Gasteiger partial charge on any atom is -0.371 e. The highest BCUT2D eigenvalue weighted by atomic mass is 32.1. The molecule has 0 bridgehead atoms. The molecule has 1 aliphatic heterocycles. The first kappa shape index (κ1) is 11.5. The molecule has 2 heterocycles. The summed E-state index contributed by atoms with van der Waals surface area (Å²) < 4.78 is 0. The van der Waals surface area contributed by atoms with Gasteiger partial charge < -0.3 is 4.90 Å². The molecule has 1 aromatic heterocycles. The smallest absolute Gasteiger partial charge is 0.174 e. The third-order valence-corrected chi connectivity index (χ3v) is 4.30. The number of benzene rings is 1. The third-order valence-electron chi connectivity index (χ3n) is 3.39. The minimum absolute atomic E-state index is 0.259. The van der Waals surface area contributed by atoms with Crippen LogP contribution >= 0.6 is 11.3 Å². The van der Waals surface area contributed by atoms with Crippen molar-refractivity contribution in [1.82, 2.24) is 0 Å². The first-order chi connectivity index (χ1) is 8.84. The number of para-hydroxylation sites is 1. The molecule has 0 amide bonds. The Morgan fingerprint density at radius 1 is 1.22 bits per heavy atom. The topological polar surface area (TPSA) is 20.3 Å². The number of carbonyl (C=O) groups is 1. The number of fused-ring (bicyclic) bond motifs is 1. The van der Waals surface area contributed by atoms with Gasteiger partial charge in [0.15, 0.2) is 5.78 Å². The van der Waals surface area contributed by atoms with Crippen LogP contribution < -0.4 is 4.90 Å². The van der Waals surface area contributed by atoms with Crippen molar-refractivity contribution in [2.75, 3.05) is 18.0 Å². The number of nitrogens with zero attached hydrogens (tertiary/aromatic N) is 1. The lowest BCUT2D eigenvalue weighted by atomic mass is 10.2. The van der Waals surface area contributed by atoms with Crippen molar-refractivity contribution in [2.45, 2.75) is 12.8 Å². The van der Waals surface area contributed by atoms with Crippen molar-refractivity contribution >= 4 is 22.8 Å². The zero-order chi connectivity index (χ0) is 12.4. The van der Waals surface area contributed by atoms with E-state index in [1.807, 2.05) is 17.5 Å². The van der Waals surface area contributed by atoms with Crippen LogP contribution in [0.1, 0.15) is 21.7 Å². The lowest BCUT2D eigenvalue weighted by Crippen LogP contribution is -2.23. The highest BCUT2D eigenvalue weighted by molar-refractivity contribution is 7.12. The van der Waals surface area contributed by atoms with E-state index >= 15 is 0 Å². The summed E-state index contributed by atoms with van der Waals surface area (Å²) in [5, 5.41) is 1.96. The number of hydrogen-bond acceptors (Lipinski definition) is 3. The Bertz CT molecular complexity index is 547. The lowest BCUT2D eigenvalue weighted by Gasteiger charge is -2.18. The van der Waals surface area contributed by atoms with Gasteiger partial charge in [0, 0.05) is 25.2 Å². The monoisotopic (exact) mass is 257 g/mol. The molecular weight excluding hydrogens is 242 g/mol. The van der Waals surface area contributed by atoms with E-state index in [9.17, 15) is 4.79 Å². The normalized spacial score (nSPS) is 13.7. The van der Waals surface area contributed by atoms with E-state index in [0.717, 1.165) is 24.4 Å². The SMILES string of the molecule is O=C(CCN1CCc2ccccc21)c1cccs1. The first-order valence-electron chi connectivity index (χ1n) is 6.24. The molecule has 0 fully saturated rings. The molecule has 92 valence electrons. The minimum atomic E-state index is 0.259. The summed E-state index contributed by atoms with van der Waals surface area (Å²) in [5.41, 5.74) is 2.71. The van der Waals surface area contributed by atoms with Gasteiger partial charge >= 0.3 is 0 Å². The highest BCUT2D eigenvalue weighted by Gasteiger charge is 2.19. The lowest BCUT2D eigenvalue weighted by molar-refractivity contribution is 0.0988. The van der Waals surface area contributed by atoms with Gasteiger partial charge in [-0.2, -0.15) is 0 Å². The molecule has 1 aromatic carbocycles. The van der Waals surface area contributed by atoms with Gasteiger partial charge in [-0.1, -0.05) is 24.3 Å². The molecule has 0 spiro atoms. The third kappa shape index (κ3) is 2.18. The van der Waals surface area contributed by atoms with Crippen LogP contribution in [0.25, 0.3) is 0 Å². The zero-order valence-corrected chi connectivity index (χ0v) is 11.0.